The number of nitrogens with zero attached hydrogens (tertiary/aromatic N) is 2. The Balaban J connectivity index is 2.32. The first-order valence-electron chi connectivity index (χ1n) is 5.79. The maximum atomic E-state index is 9.05. The lowest BCUT2D eigenvalue weighted by Crippen LogP contribution is -2.06. The molecule has 0 atom stereocenters. The molecule has 0 aromatic heterocycles. The topological polar surface area (TPSA) is 36.1 Å². The van der Waals surface area contributed by atoms with Crippen molar-refractivity contribution in [1.82, 2.24) is 0 Å². The van der Waals surface area contributed by atoms with Crippen LogP contribution in [-0.4, -0.2) is 10.5 Å². The molecule has 0 fully saturated rings. The Morgan fingerprint density at radius 2 is 2.06 bits per heavy atom. The maximum Gasteiger partial charge on any atom is 0.0994 e. The van der Waals surface area contributed by atoms with Crippen molar-refractivity contribution in [1.29, 1.82) is 5.26 Å². The number of nitriles is 1. The minimum Gasteiger partial charge on any atom is -0.220 e. The van der Waals surface area contributed by atoms with Crippen LogP contribution in [0.2, 0.25) is 0 Å². The first-order valence-corrected chi connectivity index (χ1v) is 6.56. The molecule has 0 heterocycles. The Morgan fingerprint density at radius 1 is 1.29 bits per heavy atom. The molecule has 0 amide bonds. The van der Waals surface area contributed by atoms with Crippen molar-refractivity contribution >= 4 is 17.7 Å². The molecule has 0 radical (unpaired) electrons. The van der Waals surface area contributed by atoms with Crippen LogP contribution in [-0.2, 0) is 6.42 Å². The molecule has 3 heteroatoms. The highest BCUT2D eigenvalue weighted by molar-refractivity contribution is 7.99. The van der Waals surface area contributed by atoms with E-state index in [0.29, 0.717) is 0 Å². The molecule has 88 valence electrons. The summed E-state index contributed by atoms with van der Waals surface area (Å²) in [6.07, 6.45) is 1.90. The molecule has 0 saturated carbocycles. The van der Waals surface area contributed by atoms with Gasteiger partial charge in [0.2, 0.25) is 0 Å². The lowest BCUT2D eigenvalue weighted by atomic mass is 10.0. The van der Waals surface area contributed by atoms with E-state index in [1.807, 2.05) is 12.1 Å². The molecule has 2 rings (SSSR count). The molecular formula is C14H16N2S. The second-order valence-corrected chi connectivity index (χ2v) is 6.78. The minimum absolute atomic E-state index is 0.141. The summed E-state index contributed by atoms with van der Waals surface area (Å²) in [5.41, 5.74) is 4.27. The van der Waals surface area contributed by atoms with Crippen molar-refractivity contribution in [2.24, 2.45) is 4.40 Å². The van der Waals surface area contributed by atoms with E-state index >= 15 is 0 Å². The molecular weight excluding hydrogens is 228 g/mol. The molecule has 0 bridgehead atoms. The zero-order valence-corrected chi connectivity index (χ0v) is 11.3. The molecule has 2 nitrogen and oxygen atoms in total. The lowest BCUT2D eigenvalue weighted by molar-refractivity contribution is 0.804. The first-order chi connectivity index (χ1) is 8.01. The van der Waals surface area contributed by atoms with Crippen molar-refractivity contribution < 1.29 is 0 Å². The van der Waals surface area contributed by atoms with Gasteiger partial charge >= 0.3 is 0 Å². The van der Waals surface area contributed by atoms with Gasteiger partial charge in [-0.2, -0.15) is 5.26 Å². The van der Waals surface area contributed by atoms with Gasteiger partial charge in [-0.15, -0.1) is 0 Å². The summed E-state index contributed by atoms with van der Waals surface area (Å²) in [4.78, 5) is 0. The number of rotatable bonds is 1. The fraction of sp³-hybridized carbons (Fsp3) is 0.429. The highest BCUT2D eigenvalue weighted by Gasteiger charge is 2.21. The summed E-state index contributed by atoms with van der Waals surface area (Å²) in [6.45, 7) is 6.47. The van der Waals surface area contributed by atoms with Gasteiger partial charge in [-0.25, -0.2) is 4.40 Å². The summed E-state index contributed by atoms with van der Waals surface area (Å²) >= 11 is 1.61. The summed E-state index contributed by atoms with van der Waals surface area (Å²) in [5, 5.41) is 9.05. The van der Waals surface area contributed by atoms with Gasteiger partial charge in [0.25, 0.3) is 0 Å². The van der Waals surface area contributed by atoms with Crippen molar-refractivity contribution in [3.63, 3.8) is 0 Å². The molecule has 0 unspecified atom stereocenters. The first kappa shape index (κ1) is 12.2. The quantitative estimate of drug-likeness (QED) is 0.705. The highest BCUT2D eigenvalue weighted by Crippen LogP contribution is 2.30. The van der Waals surface area contributed by atoms with Gasteiger partial charge in [-0.05, 0) is 57.2 Å². The van der Waals surface area contributed by atoms with Crippen LogP contribution in [0.25, 0.3) is 0 Å². The van der Waals surface area contributed by atoms with E-state index in [4.69, 9.17) is 5.26 Å². The fourth-order valence-corrected chi connectivity index (χ4v) is 2.47. The van der Waals surface area contributed by atoms with Crippen LogP contribution in [0.4, 0.5) is 0 Å². The van der Waals surface area contributed by atoms with E-state index < -0.39 is 0 Å². The van der Waals surface area contributed by atoms with E-state index in [0.717, 1.165) is 24.1 Å². The molecule has 1 aliphatic rings. The smallest absolute Gasteiger partial charge is 0.0994 e. The Bertz CT molecular complexity index is 504. The lowest BCUT2D eigenvalue weighted by Gasteiger charge is -2.13. The summed E-state index contributed by atoms with van der Waals surface area (Å²) < 4.78 is 4.78. The Hall–Kier alpha value is -1.27. The van der Waals surface area contributed by atoms with Crippen molar-refractivity contribution in [3.8, 4) is 6.07 Å². The maximum absolute atomic E-state index is 9.05. The Kier molecular flexibility index (Phi) is 3.26. The molecule has 0 saturated heterocycles. The predicted molar refractivity (Wildman–Crippen MR) is 73.4 cm³/mol. The second kappa shape index (κ2) is 4.54. The Labute approximate surface area is 107 Å². The van der Waals surface area contributed by atoms with Crippen molar-refractivity contribution in [3.05, 3.63) is 34.9 Å². The molecule has 1 aromatic carbocycles. The molecule has 0 N–H and O–H groups in total. The van der Waals surface area contributed by atoms with Gasteiger partial charge in [-0.1, -0.05) is 12.1 Å². The van der Waals surface area contributed by atoms with Crippen LogP contribution in [0.1, 0.15) is 43.9 Å². The SMILES string of the molecule is CC(C)(C)SN=C1CCc2c(C#N)cccc21. The monoisotopic (exact) mass is 244 g/mol. The van der Waals surface area contributed by atoms with Crippen molar-refractivity contribution in [2.75, 3.05) is 0 Å². The van der Waals surface area contributed by atoms with E-state index in [-0.39, 0.29) is 4.75 Å². The highest BCUT2D eigenvalue weighted by atomic mass is 32.2. The van der Waals surface area contributed by atoms with E-state index in [2.05, 4.69) is 37.3 Å². The van der Waals surface area contributed by atoms with E-state index in [1.165, 1.54) is 11.1 Å². The van der Waals surface area contributed by atoms with Gasteiger partial charge in [0.15, 0.2) is 0 Å². The van der Waals surface area contributed by atoms with Crippen LogP contribution in [0.5, 0.6) is 0 Å². The average Bonchev–Trinajstić information content (AvgIpc) is 2.68. The minimum atomic E-state index is 0.141. The van der Waals surface area contributed by atoms with Crippen LogP contribution in [0.3, 0.4) is 0 Å². The molecule has 17 heavy (non-hydrogen) atoms. The molecule has 1 aromatic rings. The van der Waals surface area contributed by atoms with Gasteiger partial charge in [0, 0.05) is 10.3 Å². The average molecular weight is 244 g/mol. The summed E-state index contributed by atoms with van der Waals surface area (Å²) in [7, 11) is 0. The normalized spacial score (nSPS) is 16.9. The van der Waals surface area contributed by atoms with Gasteiger partial charge in [0.05, 0.1) is 17.3 Å². The van der Waals surface area contributed by atoms with Crippen LogP contribution in [0, 0.1) is 11.3 Å². The predicted octanol–water partition coefficient (Wildman–Crippen LogP) is 3.74. The van der Waals surface area contributed by atoms with Gasteiger partial charge in [-0.3, -0.25) is 0 Å². The third-order valence-electron chi connectivity index (χ3n) is 2.65. The van der Waals surface area contributed by atoms with E-state index in [9.17, 15) is 0 Å². The van der Waals surface area contributed by atoms with Crippen LogP contribution < -0.4 is 0 Å². The number of fused-ring (bicyclic) bond motifs is 1. The zero-order valence-electron chi connectivity index (χ0n) is 10.4. The Morgan fingerprint density at radius 3 is 2.71 bits per heavy atom. The van der Waals surface area contributed by atoms with Crippen molar-refractivity contribution in [2.45, 2.75) is 38.4 Å². The van der Waals surface area contributed by atoms with Gasteiger partial charge < -0.3 is 0 Å². The summed E-state index contributed by atoms with van der Waals surface area (Å²) in [5.74, 6) is 0. The number of benzene rings is 1. The van der Waals surface area contributed by atoms with Crippen LogP contribution >= 0.6 is 11.9 Å². The number of hydrogen-bond acceptors (Lipinski definition) is 3. The van der Waals surface area contributed by atoms with Gasteiger partial charge in [0.1, 0.15) is 0 Å². The zero-order chi connectivity index (χ0) is 12.5. The largest absolute Gasteiger partial charge is 0.220 e. The fourth-order valence-electron chi connectivity index (χ4n) is 1.90. The second-order valence-electron chi connectivity index (χ2n) is 5.19. The number of hydrogen-bond donors (Lipinski definition) is 0. The third-order valence-corrected chi connectivity index (χ3v) is 3.51. The standard InChI is InChI=1S/C14H16N2S/c1-14(2,3)17-16-13-8-7-11-10(9-15)5-4-6-12(11)13/h4-6H,7-8H2,1-3H3. The molecule has 1 aliphatic carbocycles. The molecule has 0 aliphatic heterocycles. The van der Waals surface area contributed by atoms with E-state index in [1.54, 1.807) is 11.9 Å². The van der Waals surface area contributed by atoms with Crippen LogP contribution in [0.15, 0.2) is 22.6 Å². The molecule has 0 spiro atoms. The summed E-state index contributed by atoms with van der Waals surface area (Å²) in [6, 6.07) is 8.17. The third kappa shape index (κ3) is 2.70.